The van der Waals surface area contributed by atoms with E-state index in [-0.39, 0.29) is 18.7 Å². The van der Waals surface area contributed by atoms with Crippen molar-refractivity contribution in [2.24, 2.45) is 0 Å². The number of amides is 1. The van der Waals surface area contributed by atoms with E-state index in [1.165, 1.54) is 14.2 Å². The number of hydrogen-bond donors (Lipinski definition) is 1. The molecule has 6 heteroatoms. The summed E-state index contributed by atoms with van der Waals surface area (Å²) in [4.78, 5) is 22.6. The molecule has 5 nitrogen and oxygen atoms in total. The Hall–Kier alpha value is -1.75. The molecule has 104 valence electrons. The molecule has 1 aromatic carbocycles. The molecule has 0 aliphatic rings. The van der Waals surface area contributed by atoms with Crippen molar-refractivity contribution >= 4 is 29.2 Å². The van der Waals surface area contributed by atoms with Crippen molar-refractivity contribution in [2.75, 3.05) is 19.5 Å². The molecule has 1 amide bonds. The first-order valence-corrected chi connectivity index (χ1v) is 6.06. The minimum atomic E-state index is -0.427. The largest absolute Gasteiger partial charge is 0.495 e. The highest BCUT2D eigenvalue weighted by Crippen LogP contribution is 2.30. The van der Waals surface area contributed by atoms with Gasteiger partial charge in [0.05, 0.1) is 26.3 Å². The van der Waals surface area contributed by atoms with Gasteiger partial charge in [-0.05, 0) is 24.6 Å². The van der Waals surface area contributed by atoms with Crippen molar-refractivity contribution in [1.82, 2.24) is 0 Å². The number of benzene rings is 1. The van der Waals surface area contributed by atoms with Gasteiger partial charge in [0.15, 0.2) is 0 Å². The summed E-state index contributed by atoms with van der Waals surface area (Å²) in [6, 6.07) is 3.35. The smallest absolute Gasteiger partial charge is 0.306 e. The van der Waals surface area contributed by atoms with E-state index in [2.05, 4.69) is 10.1 Å². The third-order valence-corrected chi connectivity index (χ3v) is 2.95. The number of hydrogen-bond acceptors (Lipinski definition) is 4. The van der Waals surface area contributed by atoms with Crippen molar-refractivity contribution in [3.63, 3.8) is 0 Å². The van der Waals surface area contributed by atoms with Gasteiger partial charge < -0.3 is 14.8 Å². The maximum Gasteiger partial charge on any atom is 0.306 e. The Morgan fingerprint density at radius 3 is 2.53 bits per heavy atom. The van der Waals surface area contributed by atoms with Crippen LogP contribution in [0.1, 0.15) is 18.4 Å². The van der Waals surface area contributed by atoms with Crippen LogP contribution < -0.4 is 10.1 Å². The van der Waals surface area contributed by atoms with Gasteiger partial charge >= 0.3 is 5.97 Å². The molecule has 0 saturated heterocycles. The van der Waals surface area contributed by atoms with E-state index in [4.69, 9.17) is 16.3 Å². The van der Waals surface area contributed by atoms with Gasteiger partial charge in [-0.1, -0.05) is 11.6 Å². The van der Waals surface area contributed by atoms with Crippen molar-refractivity contribution < 1.29 is 19.1 Å². The molecule has 0 heterocycles. The Bertz CT molecular complexity index is 488. The highest BCUT2D eigenvalue weighted by atomic mass is 35.5. The number of rotatable bonds is 5. The Labute approximate surface area is 116 Å². The van der Waals surface area contributed by atoms with Crippen molar-refractivity contribution in [1.29, 1.82) is 0 Å². The second-order valence-electron chi connectivity index (χ2n) is 3.93. The van der Waals surface area contributed by atoms with Crippen LogP contribution in [0, 0.1) is 6.92 Å². The highest BCUT2D eigenvalue weighted by molar-refractivity contribution is 6.31. The number of carbonyl (C=O) groups excluding carboxylic acids is 2. The maximum atomic E-state index is 11.7. The molecule has 0 spiro atoms. The predicted octanol–water partition coefficient (Wildman–Crippen LogP) is 2.55. The Morgan fingerprint density at radius 2 is 1.95 bits per heavy atom. The molecule has 1 rings (SSSR count). The lowest BCUT2D eigenvalue weighted by Gasteiger charge is -2.12. The van der Waals surface area contributed by atoms with Crippen molar-refractivity contribution in [3.05, 3.63) is 22.7 Å². The second kappa shape index (κ2) is 6.99. The normalized spacial score (nSPS) is 9.89. The first-order valence-electron chi connectivity index (χ1n) is 5.68. The van der Waals surface area contributed by atoms with E-state index < -0.39 is 5.97 Å². The number of nitrogens with one attached hydrogen (secondary N) is 1. The second-order valence-corrected chi connectivity index (χ2v) is 4.33. The van der Waals surface area contributed by atoms with Gasteiger partial charge in [-0.3, -0.25) is 9.59 Å². The number of ether oxygens (including phenoxy) is 2. The van der Waals surface area contributed by atoms with Crippen LogP contribution in [0.5, 0.6) is 5.75 Å². The molecule has 1 N–H and O–H groups in total. The van der Waals surface area contributed by atoms with Gasteiger partial charge in [-0.2, -0.15) is 0 Å². The molecule has 0 radical (unpaired) electrons. The van der Waals surface area contributed by atoms with Crippen molar-refractivity contribution in [2.45, 2.75) is 19.8 Å². The van der Waals surface area contributed by atoms with Crippen LogP contribution in [0.25, 0.3) is 0 Å². The van der Waals surface area contributed by atoms with E-state index in [0.29, 0.717) is 16.5 Å². The van der Waals surface area contributed by atoms with Gasteiger partial charge in [-0.25, -0.2) is 0 Å². The lowest BCUT2D eigenvalue weighted by Crippen LogP contribution is -2.14. The molecule has 0 aromatic heterocycles. The number of anilines is 1. The number of methoxy groups -OCH3 is 2. The third kappa shape index (κ3) is 4.44. The quantitative estimate of drug-likeness (QED) is 0.845. The summed E-state index contributed by atoms with van der Waals surface area (Å²) in [5, 5.41) is 3.18. The van der Waals surface area contributed by atoms with E-state index in [9.17, 15) is 9.59 Å². The number of carbonyl (C=O) groups is 2. The van der Waals surface area contributed by atoms with Gasteiger partial charge in [-0.15, -0.1) is 0 Å². The van der Waals surface area contributed by atoms with Crippen molar-refractivity contribution in [3.8, 4) is 5.75 Å². The van der Waals surface area contributed by atoms with Crippen LogP contribution in [0.3, 0.4) is 0 Å². The Morgan fingerprint density at radius 1 is 1.26 bits per heavy atom. The summed E-state index contributed by atoms with van der Waals surface area (Å²) in [6.45, 7) is 1.84. The molecule has 0 saturated carbocycles. The molecule has 0 unspecified atom stereocenters. The minimum absolute atomic E-state index is 0.0320. The van der Waals surface area contributed by atoms with Crippen LogP contribution >= 0.6 is 11.6 Å². The highest BCUT2D eigenvalue weighted by Gasteiger charge is 2.11. The van der Waals surface area contributed by atoms with Crippen LogP contribution in [-0.2, 0) is 14.3 Å². The molecule has 0 bridgehead atoms. The first-order chi connectivity index (χ1) is 8.97. The van der Waals surface area contributed by atoms with E-state index >= 15 is 0 Å². The predicted molar refractivity (Wildman–Crippen MR) is 72.6 cm³/mol. The van der Waals surface area contributed by atoms with Crippen LogP contribution in [0.2, 0.25) is 5.02 Å². The van der Waals surface area contributed by atoms with Gasteiger partial charge in [0, 0.05) is 11.4 Å². The fraction of sp³-hybridized carbons (Fsp3) is 0.385. The fourth-order valence-corrected chi connectivity index (χ4v) is 1.62. The monoisotopic (exact) mass is 285 g/mol. The topological polar surface area (TPSA) is 64.6 Å². The van der Waals surface area contributed by atoms with Gasteiger partial charge in [0.1, 0.15) is 5.75 Å². The van der Waals surface area contributed by atoms with E-state index in [1.54, 1.807) is 12.1 Å². The molecular formula is C13H16ClNO4. The molecule has 0 aliphatic heterocycles. The van der Waals surface area contributed by atoms with Gasteiger partial charge in [0.25, 0.3) is 0 Å². The summed E-state index contributed by atoms with van der Waals surface area (Å²) in [7, 11) is 2.79. The molecule has 1 aromatic rings. The molecule has 0 aliphatic carbocycles. The average Bonchev–Trinajstić information content (AvgIpc) is 2.39. The number of halogens is 1. The summed E-state index contributed by atoms with van der Waals surface area (Å²) < 4.78 is 9.63. The Balaban J connectivity index is 2.73. The number of esters is 1. The molecule has 0 atom stereocenters. The lowest BCUT2D eigenvalue weighted by molar-refractivity contribution is -0.141. The maximum absolute atomic E-state index is 11.7. The standard InChI is InChI=1S/C13H16ClNO4/c1-8-6-11(18-2)10(7-9(8)14)15-12(16)4-5-13(17)19-3/h6-7H,4-5H2,1-3H3,(H,15,16). The minimum Gasteiger partial charge on any atom is -0.495 e. The zero-order chi connectivity index (χ0) is 14.4. The fourth-order valence-electron chi connectivity index (χ4n) is 1.45. The lowest BCUT2D eigenvalue weighted by atomic mass is 10.2. The van der Waals surface area contributed by atoms with E-state index in [1.807, 2.05) is 6.92 Å². The van der Waals surface area contributed by atoms with Crippen LogP contribution in [0.15, 0.2) is 12.1 Å². The Kier molecular flexibility index (Phi) is 5.63. The molecule has 0 fully saturated rings. The van der Waals surface area contributed by atoms with Crippen LogP contribution in [0.4, 0.5) is 5.69 Å². The van der Waals surface area contributed by atoms with Crippen LogP contribution in [-0.4, -0.2) is 26.1 Å². The van der Waals surface area contributed by atoms with Gasteiger partial charge in [0.2, 0.25) is 5.91 Å². The average molecular weight is 286 g/mol. The zero-order valence-electron chi connectivity index (χ0n) is 11.1. The molecular weight excluding hydrogens is 270 g/mol. The third-order valence-electron chi connectivity index (χ3n) is 2.54. The number of aryl methyl sites for hydroxylation is 1. The summed E-state index contributed by atoms with van der Waals surface area (Å²) in [5.74, 6) is -0.207. The SMILES string of the molecule is COC(=O)CCC(=O)Nc1cc(Cl)c(C)cc1OC. The summed E-state index contributed by atoms with van der Waals surface area (Å²) in [5.41, 5.74) is 1.33. The van der Waals surface area contributed by atoms with E-state index in [0.717, 1.165) is 5.56 Å². The summed E-state index contributed by atoms with van der Waals surface area (Å²) >= 11 is 6.00. The first kappa shape index (κ1) is 15.3. The molecule has 19 heavy (non-hydrogen) atoms. The summed E-state index contributed by atoms with van der Waals surface area (Å²) in [6.07, 6.45) is 0.0750. The zero-order valence-corrected chi connectivity index (χ0v) is 11.8.